The molecular weight excluding hydrogens is 276 g/mol. The molecule has 0 atom stereocenters. The number of hydrogen-bond acceptors (Lipinski definition) is 4. The Balaban J connectivity index is 1.96. The molecule has 0 spiro atoms. The molecule has 0 unspecified atom stereocenters. The zero-order chi connectivity index (χ0) is 14.4. The summed E-state index contributed by atoms with van der Waals surface area (Å²) in [6.45, 7) is 0.494. The molecule has 2 N–H and O–H groups in total. The van der Waals surface area contributed by atoms with Crippen molar-refractivity contribution in [3.63, 3.8) is 0 Å². The van der Waals surface area contributed by atoms with E-state index in [1.54, 1.807) is 43.8 Å². The van der Waals surface area contributed by atoms with Crippen molar-refractivity contribution < 1.29 is 14.3 Å². The molecule has 5 nitrogen and oxygen atoms in total. The van der Waals surface area contributed by atoms with Gasteiger partial charge in [-0.1, -0.05) is 0 Å². The van der Waals surface area contributed by atoms with Crippen LogP contribution in [0.25, 0.3) is 0 Å². The Morgan fingerprint density at radius 3 is 2.75 bits per heavy atom. The highest BCUT2D eigenvalue weighted by molar-refractivity contribution is 7.07. The van der Waals surface area contributed by atoms with Crippen LogP contribution in [0, 0.1) is 0 Å². The van der Waals surface area contributed by atoms with Crippen LogP contribution in [0.15, 0.2) is 35.0 Å². The highest BCUT2D eigenvalue weighted by Crippen LogP contribution is 2.28. The Labute approximate surface area is 121 Å². The Morgan fingerprint density at radius 2 is 2.10 bits per heavy atom. The molecule has 0 bridgehead atoms. The number of carbonyl (C=O) groups excluding carboxylic acids is 1. The number of hydrogen-bond donors (Lipinski definition) is 2. The number of ether oxygens (including phenoxy) is 2. The fourth-order valence-corrected chi connectivity index (χ4v) is 2.31. The second-order valence-electron chi connectivity index (χ2n) is 4.01. The fraction of sp³-hybridized carbons (Fsp3) is 0.214. The predicted molar refractivity (Wildman–Crippen MR) is 79.7 cm³/mol. The molecular formula is C14H16N2O3S. The number of anilines is 1. The van der Waals surface area contributed by atoms with Gasteiger partial charge in [0, 0.05) is 12.6 Å². The summed E-state index contributed by atoms with van der Waals surface area (Å²) in [6, 6.07) is 6.91. The molecule has 20 heavy (non-hydrogen) atoms. The molecule has 0 aliphatic carbocycles. The van der Waals surface area contributed by atoms with Gasteiger partial charge in [-0.05, 0) is 34.5 Å². The number of urea groups is 1. The van der Waals surface area contributed by atoms with Crippen molar-refractivity contribution in [2.75, 3.05) is 19.5 Å². The Morgan fingerprint density at radius 1 is 1.25 bits per heavy atom. The van der Waals surface area contributed by atoms with Gasteiger partial charge < -0.3 is 20.1 Å². The van der Waals surface area contributed by atoms with Gasteiger partial charge in [-0.25, -0.2) is 4.79 Å². The van der Waals surface area contributed by atoms with Gasteiger partial charge in [-0.2, -0.15) is 11.3 Å². The highest BCUT2D eigenvalue weighted by Gasteiger charge is 2.08. The van der Waals surface area contributed by atoms with E-state index in [-0.39, 0.29) is 6.03 Å². The molecule has 0 aliphatic rings. The van der Waals surface area contributed by atoms with E-state index in [1.165, 1.54) is 0 Å². The maximum Gasteiger partial charge on any atom is 0.319 e. The highest BCUT2D eigenvalue weighted by atomic mass is 32.1. The molecule has 2 aromatic rings. The summed E-state index contributed by atoms with van der Waals surface area (Å²) in [5, 5.41) is 9.50. The van der Waals surface area contributed by atoms with E-state index in [4.69, 9.17) is 9.47 Å². The van der Waals surface area contributed by atoms with Gasteiger partial charge in [0.15, 0.2) is 0 Å². The Kier molecular flexibility index (Phi) is 4.84. The number of thiophene rings is 1. The number of benzene rings is 1. The van der Waals surface area contributed by atoms with Crippen LogP contribution < -0.4 is 20.1 Å². The van der Waals surface area contributed by atoms with Crippen molar-refractivity contribution in [2.45, 2.75) is 6.54 Å². The van der Waals surface area contributed by atoms with Crippen LogP contribution in [-0.2, 0) is 6.54 Å². The Bertz CT molecular complexity index is 570. The molecule has 2 rings (SSSR count). The minimum absolute atomic E-state index is 0.278. The van der Waals surface area contributed by atoms with E-state index in [2.05, 4.69) is 10.6 Å². The van der Waals surface area contributed by atoms with E-state index in [9.17, 15) is 4.79 Å². The fourth-order valence-electron chi connectivity index (χ4n) is 1.64. The van der Waals surface area contributed by atoms with E-state index < -0.39 is 0 Å². The maximum absolute atomic E-state index is 11.8. The molecule has 0 saturated carbocycles. The normalized spacial score (nSPS) is 9.90. The minimum Gasteiger partial charge on any atom is -0.497 e. The zero-order valence-corrected chi connectivity index (χ0v) is 12.1. The van der Waals surface area contributed by atoms with Crippen molar-refractivity contribution >= 4 is 23.1 Å². The van der Waals surface area contributed by atoms with E-state index >= 15 is 0 Å². The van der Waals surface area contributed by atoms with Crippen LogP contribution in [-0.4, -0.2) is 20.3 Å². The topological polar surface area (TPSA) is 59.6 Å². The second-order valence-corrected chi connectivity index (χ2v) is 4.79. The third-order valence-corrected chi connectivity index (χ3v) is 3.42. The first-order valence-electron chi connectivity index (χ1n) is 6.01. The average molecular weight is 292 g/mol. The zero-order valence-electron chi connectivity index (χ0n) is 11.3. The molecule has 1 aromatic heterocycles. The molecule has 1 aromatic carbocycles. The minimum atomic E-state index is -0.278. The van der Waals surface area contributed by atoms with E-state index in [0.717, 1.165) is 5.56 Å². The average Bonchev–Trinajstić information content (AvgIpc) is 2.99. The van der Waals surface area contributed by atoms with Gasteiger partial charge in [-0.3, -0.25) is 0 Å². The third kappa shape index (κ3) is 3.64. The van der Waals surface area contributed by atoms with Crippen LogP contribution in [0.1, 0.15) is 5.56 Å². The monoisotopic (exact) mass is 292 g/mol. The smallest absolute Gasteiger partial charge is 0.319 e. The summed E-state index contributed by atoms with van der Waals surface area (Å²) < 4.78 is 10.3. The lowest BCUT2D eigenvalue weighted by atomic mass is 10.2. The van der Waals surface area contributed by atoms with E-state index in [0.29, 0.717) is 23.7 Å². The first-order chi connectivity index (χ1) is 9.72. The summed E-state index contributed by atoms with van der Waals surface area (Å²) in [4.78, 5) is 11.8. The predicted octanol–water partition coefficient (Wildman–Crippen LogP) is 3.09. The van der Waals surface area contributed by atoms with Crippen molar-refractivity contribution in [3.8, 4) is 11.5 Å². The number of amides is 2. The lowest BCUT2D eigenvalue weighted by Gasteiger charge is -2.12. The summed E-state index contributed by atoms with van der Waals surface area (Å²) >= 11 is 1.60. The number of nitrogens with one attached hydrogen (secondary N) is 2. The molecule has 0 aliphatic heterocycles. The standard InChI is InChI=1S/C14H16N2O3S/c1-18-11-3-4-12(13(7-11)19-2)16-14(17)15-8-10-5-6-20-9-10/h3-7,9H,8H2,1-2H3,(H2,15,16,17). The molecule has 0 radical (unpaired) electrons. The van der Waals surface area contributed by atoms with Gasteiger partial charge >= 0.3 is 6.03 Å². The number of rotatable bonds is 5. The number of methoxy groups -OCH3 is 2. The Hall–Kier alpha value is -2.21. The van der Waals surface area contributed by atoms with Crippen molar-refractivity contribution in [2.24, 2.45) is 0 Å². The second kappa shape index (κ2) is 6.81. The van der Waals surface area contributed by atoms with Crippen molar-refractivity contribution in [1.29, 1.82) is 0 Å². The summed E-state index contributed by atoms with van der Waals surface area (Å²) in [5.74, 6) is 1.22. The largest absolute Gasteiger partial charge is 0.497 e. The molecule has 0 saturated heterocycles. The first kappa shape index (κ1) is 14.2. The van der Waals surface area contributed by atoms with Crippen molar-refractivity contribution in [3.05, 3.63) is 40.6 Å². The molecule has 1 heterocycles. The van der Waals surface area contributed by atoms with Crippen LogP contribution in [0.4, 0.5) is 10.5 Å². The van der Waals surface area contributed by atoms with Gasteiger partial charge in [0.25, 0.3) is 0 Å². The van der Waals surface area contributed by atoms with Gasteiger partial charge in [0.1, 0.15) is 11.5 Å². The van der Waals surface area contributed by atoms with Crippen LogP contribution in [0.3, 0.4) is 0 Å². The molecule has 0 fully saturated rings. The summed E-state index contributed by atoms with van der Waals surface area (Å²) in [6.07, 6.45) is 0. The quantitative estimate of drug-likeness (QED) is 0.890. The maximum atomic E-state index is 11.8. The van der Waals surface area contributed by atoms with Crippen molar-refractivity contribution in [1.82, 2.24) is 5.32 Å². The molecule has 106 valence electrons. The van der Waals surface area contributed by atoms with Gasteiger partial charge in [0.2, 0.25) is 0 Å². The van der Waals surface area contributed by atoms with Gasteiger partial charge in [-0.15, -0.1) is 0 Å². The third-order valence-electron chi connectivity index (χ3n) is 2.69. The summed E-state index contributed by atoms with van der Waals surface area (Å²) in [5.41, 5.74) is 1.67. The first-order valence-corrected chi connectivity index (χ1v) is 6.95. The lowest BCUT2D eigenvalue weighted by molar-refractivity contribution is 0.251. The number of carbonyl (C=O) groups is 1. The SMILES string of the molecule is COc1ccc(NC(=O)NCc2ccsc2)c(OC)c1. The van der Waals surface area contributed by atoms with Crippen LogP contribution in [0.5, 0.6) is 11.5 Å². The summed E-state index contributed by atoms with van der Waals surface area (Å²) in [7, 11) is 3.12. The molecule has 2 amide bonds. The van der Waals surface area contributed by atoms with Crippen LogP contribution in [0.2, 0.25) is 0 Å². The lowest BCUT2D eigenvalue weighted by Crippen LogP contribution is -2.28. The molecule has 6 heteroatoms. The van der Waals surface area contributed by atoms with E-state index in [1.807, 2.05) is 16.8 Å². The van der Waals surface area contributed by atoms with Gasteiger partial charge in [0.05, 0.1) is 19.9 Å². The van der Waals surface area contributed by atoms with Crippen LogP contribution >= 0.6 is 11.3 Å².